The molecule has 27 heavy (non-hydrogen) atoms. The molecule has 0 aromatic heterocycles. The topological polar surface area (TPSA) is 96.7 Å². The molecular formula is C20H30N4O3. The van der Waals surface area contributed by atoms with E-state index in [9.17, 15) is 9.59 Å². The van der Waals surface area contributed by atoms with Crippen molar-refractivity contribution >= 4 is 17.5 Å². The number of carbonyl (C=O) groups excluding carboxylic acids is 2. The van der Waals surface area contributed by atoms with Gasteiger partial charge in [-0.25, -0.2) is 0 Å². The molecular weight excluding hydrogens is 344 g/mol. The maximum absolute atomic E-state index is 12.3. The molecule has 7 nitrogen and oxygen atoms in total. The molecule has 0 aliphatic carbocycles. The lowest BCUT2D eigenvalue weighted by Crippen LogP contribution is -2.44. The zero-order valence-corrected chi connectivity index (χ0v) is 15.8. The number of rotatable bonds is 7. The summed E-state index contributed by atoms with van der Waals surface area (Å²) in [4.78, 5) is 26.9. The van der Waals surface area contributed by atoms with Crippen LogP contribution in [0, 0.1) is 5.92 Å². The molecule has 1 atom stereocenters. The molecule has 148 valence electrons. The maximum atomic E-state index is 12.3. The Labute approximate surface area is 160 Å². The first-order chi connectivity index (χ1) is 13.1. The molecule has 0 saturated carbocycles. The van der Waals surface area contributed by atoms with E-state index in [0.717, 1.165) is 32.5 Å². The van der Waals surface area contributed by atoms with E-state index in [1.54, 1.807) is 24.3 Å². The lowest BCUT2D eigenvalue weighted by atomic mass is 9.92. The zero-order chi connectivity index (χ0) is 19.1. The highest BCUT2D eigenvalue weighted by atomic mass is 16.5. The molecule has 2 heterocycles. The SMILES string of the molecule is NC(C(=O)Nc1ccc(C(=O)NCCN2CCCC2)cc1)C1CCOCC1. The van der Waals surface area contributed by atoms with Crippen molar-refractivity contribution in [3.8, 4) is 0 Å². The average Bonchev–Trinajstić information content (AvgIpc) is 3.22. The number of hydrogen-bond acceptors (Lipinski definition) is 5. The summed E-state index contributed by atoms with van der Waals surface area (Å²) >= 11 is 0. The van der Waals surface area contributed by atoms with Crippen LogP contribution in [0.4, 0.5) is 5.69 Å². The second-order valence-corrected chi connectivity index (χ2v) is 7.35. The van der Waals surface area contributed by atoms with Crippen molar-refractivity contribution in [3.63, 3.8) is 0 Å². The quantitative estimate of drug-likeness (QED) is 0.666. The molecule has 2 saturated heterocycles. The van der Waals surface area contributed by atoms with Crippen LogP contribution in [0.2, 0.25) is 0 Å². The summed E-state index contributed by atoms with van der Waals surface area (Å²) in [5.41, 5.74) is 7.32. The number of amides is 2. The molecule has 0 spiro atoms. The largest absolute Gasteiger partial charge is 0.381 e. The maximum Gasteiger partial charge on any atom is 0.251 e. The highest BCUT2D eigenvalue weighted by Crippen LogP contribution is 2.19. The first-order valence-electron chi connectivity index (χ1n) is 9.88. The summed E-state index contributed by atoms with van der Waals surface area (Å²) in [6, 6.07) is 6.39. The van der Waals surface area contributed by atoms with Crippen molar-refractivity contribution in [3.05, 3.63) is 29.8 Å². The van der Waals surface area contributed by atoms with Crippen LogP contribution < -0.4 is 16.4 Å². The Morgan fingerprint density at radius 3 is 2.48 bits per heavy atom. The highest BCUT2D eigenvalue weighted by Gasteiger charge is 2.26. The van der Waals surface area contributed by atoms with E-state index in [2.05, 4.69) is 15.5 Å². The van der Waals surface area contributed by atoms with Crippen LogP contribution >= 0.6 is 0 Å². The van der Waals surface area contributed by atoms with Gasteiger partial charge < -0.3 is 26.0 Å². The van der Waals surface area contributed by atoms with Crippen LogP contribution in [0.25, 0.3) is 0 Å². The van der Waals surface area contributed by atoms with Gasteiger partial charge in [-0.3, -0.25) is 9.59 Å². The fourth-order valence-corrected chi connectivity index (χ4v) is 3.66. The third-order valence-corrected chi connectivity index (χ3v) is 5.40. The van der Waals surface area contributed by atoms with Crippen LogP contribution in [-0.4, -0.2) is 62.1 Å². The molecule has 2 aliphatic heterocycles. The molecule has 0 radical (unpaired) electrons. The van der Waals surface area contributed by atoms with Gasteiger partial charge in [-0.2, -0.15) is 0 Å². The van der Waals surface area contributed by atoms with Crippen LogP contribution in [0.3, 0.4) is 0 Å². The van der Waals surface area contributed by atoms with E-state index in [1.807, 2.05) is 0 Å². The second kappa shape index (κ2) is 9.82. The van der Waals surface area contributed by atoms with Crippen LogP contribution in [0.1, 0.15) is 36.0 Å². The van der Waals surface area contributed by atoms with E-state index in [1.165, 1.54) is 12.8 Å². The van der Waals surface area contributed by atoms with Gasteiger partial charge in [0.05, 0.1) is 6.04 Å². The molecule has 7 heteroatoms. The molecule has 1 aromatic carbocycles. The third kappa shape index (κ3) is 5.76. The Balaban J connectivity index is 1.44. The predicted molar refractivity (Wildman–Crippen MR) is 105 cm³/mol. The van der Waals surface area contributed by atoms with Gasteiger partial charge in [-0.05, 0) is 69.0 Å². The minimum Gasteiger partial charge on any atom is -0.381 e. The number of ether oxygens (including phenoxy) is 1. The van der Waals surface area contributed by atoms with E-state index in [4.69, 9.17) is 10.5 Å². The number of hydrogen-bond donors (Lipinski definition) is 3. The molecule has 4 N–H and O–H groups in total. The van der Waals surface area contributed by atoms with Crippen molar-refractivity contribution in [2.24, 2.45) is 11.7 Å². The van der Waals surface area contributed by atoms with E-state index >= 15 is 0 Å². The van der Waals surface area contributed by atoms with E-state index in [-0.39, 0.29) is 17.7 Å². The smallest absolute Gasteiger partial charge is 0.251 e. The number of nitrogens with zero attached hydrogens (tertiary/aromatic N) is 1. The summed E-state index contributed by atoms with van der Waals surface area (Å²) < 4.78 is 5.31. The standard InChI is InChI=1S/C20H30N4O3/c21-18(15-7-13-27-14-8-15)20(26)23-17-5-3-16(4-6-17)19(25)22-9-12-24-10-1-2-11-24/h3-6,15,18H,1-2,7-14,21H2,(H,22,25)(H,23,26). The van der Waals surface area contributed by atoms with Gasteiger partial charge in [-0.15, -0.1) is 0 Å². The van der Waals surface area contributed by atoms with Gasteiger partial charge in [0.15, 0.2) is 0 Å². The number of nitrogens with two attached hydrogens (primary N) is 1. The van der Waals surface area contributed by atoms with E-state index < -0.39 is 6.04 Å². The normalized spacial score (nSPS) is 19.6. The van der Waals surface area contributed by atoms with Crippen molar-refractivity contribution in [1.82, 2.24) is 10.2 Å². The van der Waals surface area contributed by atoms with Gasteiger partial charge >= 0.3 is 0 Å². The van der Waals surface area contributed by atoms with Gasteiger partial charge in [0.25, 0.3) is 5.91 Å². The second-order valence-electron chi connectivity index (χ2n) is 7.35. The molecule has 2 fully saturated rings. The molecule has 3 rings (SSSR count). The Bertz CT molecular complexity index is 623. The van der Waals surface area contributed by atoms with Crippen molar-refractivity contribution in [2.45, 2.75) is 31.7 Å². The fourth-order valence-electron chi connectivity index (χ4n) is 3.66. The fraction of sp³-hybridized carbons (Fsp3) is 0.600. The number of anilines is 1. The van der Waals surface area contributed by atoms with Crippen molar-refractivity contribution in [2.75, 3.05) is 44.7 Å². The minimum absolute atomic E-state index is 0.0917. The van der Waals surface area contributed by atoms with Crippen molar-refractivity contribution < 1.29 is 14.3 Å². The summed E-state index contributed by atoms with van der Waals surface area (Å²) in [7, 11) is 0. The predicted octanol–water partition coefficient (Wildman–Crippen LogP) is 1.20. The van der Waals surface area contributed by atoms with Crippen molar-refractivity contribution in [1.29, 1.82) is 0 Å². The third-order valence-electron chi connectivity index (χ3n) is 5.40. The number of likely N-dealkylation sites (tertiary alicyclic amines) is 1. The summed E-state index contributed by atoms with van der Waals surface area (Å²) in [6.07, 6.45) is 4.12. The van der Waals surface area contributed by atoms with E-state index in [0.29, 0.717) is 31.0 Å². The molecule has 2 amide bonds. The summed E-state index contributed by atoms with van der Waals surface area (Å²) in [6.45, 7) is 5.11. The van der Waals surface area contributed by atoms with Crippen LogP contribution in [0.15, 0.2) is 24.3 Å². The summed E-state index contributed by atoms with van der Waals surface area (Å²) in [5.74, 6) is -0.130. The van der Waals surface area contributed by atoms with Gasteiger partial charge in [-0.1, -0.05) is 0 Å². The number of nitrogens with one attached hydrogen (secondary N) is 2. The van der Waals surface area contributed by atoms with Crippen LogP contribution in [0.5, 0.6) is 0 Å². The summed E-state index contributed by atoms with van der Waals surface area (Å²) in [5, 5.41) is 5.79. The highest BCUT2D eigenvalue weighted by molar-refractivity contribution is 5.97. The van der Waals surface area contributed by atoms with Gasteiger partial charge in [0, 0.05) is 37.6 Å². The lowest BCUT2D eigenvalue weighted by Gasteiger charge is -2.26. The molecule has 1 aromatic rings. The minimum atomic E-state index is -0.539. The molecule has 2 aliphatic rings. The first-order valence-corrected chi connectivity index (χ1v) is 9.88. The lowest BCUT2D eigenvalue weighted by molar-refractivity contribution is -0.119. The number of carbonyl (C=O) groups is 2. The first kappa shape index (κ1) is 19.8. The van der Waals surface area contributed by atoms with Crippen LogP contribution in [-0.2, 0) is 9.53 Å². The average molecular weight is 374 g/mol. The number of benzene rings is 1. The Hall–Kier alpha value is -1.96. The molecule has 0 bridgehead atoms. The zero-order valence-electron chi connectivity index (χ0n) is 15.8. The Morgan fingerprint density at radius 1 is 1.15 bits per heavy atom. The van der Waals surface area contributed by atoms with Gasteiger partial charge in [0.1, 0.15) is 0 Å². The monoisotopic (exact) mass is 374 g/mol. The molecule has 1 unspecified atom stereocenters. The Morgan fingerprint density at radius 2 is 1.81 bits per heavy atom. The van der Waals surface area contributed by atoms with Gasteiger partial charge in [0.2, 0.25) is 5.91 Å². The Kier molecular flexibility index (Phi) is 7.20.